The third kappa shape index (κ3) is 5.92. The van der Waals surface area contributed by atoms with Crippen molar-refractivity contribution in [2.24, 2.45) is 4.99 Å². The molecule has 1 aromatic heterocycles. The van der Waals surface area contributed by atoms with Gasteiger partial charge in [0.1, 0.15) is 24.1 Å². The van der Waals surface area contributed by atoms with E-state index in [-0.39, 0.29) is 17.7 Å². The van der Waals surface area contributed by atoms with Gasteiger partial charge in [-0.25, -0.2) is 9.79 Å². The SMILES string of the molecule is COC(=O)C1=C(C)N=c2s/c(=C\c3ccc(OCc4ccc(Cl)cc4Cl)cc3)c(=O)n2[C@@H]1c1cc(Cl)ccc1OC. The first-order valence-electron chi connectivity index (χ1n) is 12.3. The second-order valence-electron chi connectivity index (χ2n) is 9.05. The molecule has 0 saturated heterocycles. The molecule has 1 aliphatic rings. The molecule has 41 heavy (non-hydrogen) atoms. The van der Waals surface area contributed by atoms with Gasteiger partial charge >= 0.3 is 5.97 Å². The van der Waals surface area contributed by atoms with Crippen LogP contribution in [0, 0.1) is 0 Å². The molecule has 11 heteroatoms. The number of benzene rings is 3. The first-order valence-corrected chi connectivity index (χ1v) is 14.3. The molecule has 1 aliphatic heterocycles. The highest BCUT2D eigenvalue weighted by Gasteiger charge is 2.35. The Labute approximate surface area is 254 Å². The standard InChI is InChI=1S/C30H23Cl3N2O5S/c1-16-26(29(37)39-3)27(22-13-19(31)8-11-24(22)38-2)35-28(36)25(41-30(35)34-16)12-17-4-9-21(10-5-17)40-15-18-6-7-20(32)14-23(18)33/h4-14,27H,15H2,1-3H3/b25-12-/t27-/m1/s1. The van der Waals surface area contributed by atoms with Crippen LogP contribution in [0.15, 0.2) is 81.7 Å². The highest BCUT2D eigenvalue weighted by atomic mass is 35.5. The van der Waals surface area contributed by atoms with Crippen molar-refractivity contribution in [1.29, 1.82) is 0 Å². The number of hydrogen-bond acceptors (Lipinski definition) is 7. The molecular weight excluding hydrogens is 607 g/mol. The number of aromatic nitrogens is 1. The van der Waals surface area contributed by atoms with E-state index in [1.807, 2.05) is 30.3 Å². The van der Waals surface area contributed by atoms with E-state index in [1.165, 1.54) is 30.1 Å². The molecule has 0 aliphatic carbocycles. The fourth-order valence-electron chi connectivity index (χ4n) is 4.52. The molecule has 0 saturated carbocycles. The Bertz CT molecular complexity index is 1860. The maximum atomic E-state index is 13.8. The third-order valence-corrected chi connectivity index (χ3v) is 8.31. The summed E-state index contributed by atoms with van der Waals surface area (Å²) in [6.07, 6.45) is 1.77. The van der Waals surface area contributed by atoms with Crippen LogP contribution >= 0.6 is 46.1 Å². The average molecular weight is 630 g/mol. The van der Waals surface area contributed by atoms with Gasteiger partial charge in [-0.3, -0.25) is 9.36 Å². The predicted molar refractivity (Wildman–Crippen MR) is 161 cm³/mol. The van der Waals surface area contributed by atoms with Crippen LogP contribution in [0.1, 0.15) is 29.7 Å². The Balaban J connectivity index is 1.52. The number of thiazole rings is 1. The second-order valence-corrected chi connectivity index (χ2v) is 11.3. The zero-order valence-electron chi connectivity index (χ0n) is 22.1. The van der Waals surface area contributed by atoms with Gasteiger partial charge in [0.25, 0.3) is 5.56 Å². The van der Waals surface area contributed by atoms with Crippen LogP contribution in [0.2, 0.25) is 15.1 Å². The lowest BCUT2D eigenvalue weighted by molar-refractivity contribution is -0.136. The molecule has 0 bridgehead atoms. The van der Waals surface area contributed by atoms with Crippen molar-refractivity contribution in [3.05, 3.63) is 123 Å². The second kappa shape index (κ2) is 12.1. The van der Waals surface area contributed by atoms with Gasteiger partial charge in [0.15, 0.2) is 4.80 Å². The van der Waals surface area contributed by atoms with Crippen molar-refractivity contribution in [3.63, 3.8) is 0 Å². The number of rotatable bonds is 7. The number of fused-ring (bicyclic) bond motifs is 1. The molecule has 5 rings (SSSR count). The molecule has 0 amide bonds. The highest BCUT2D eigenvalue weighted by molar-refractivity contribution is 7.07. The van der Waals surface area contributed by atoms with E-state index in [1.54, 1.807) is 43.3 Å². The summed E-state index contributed by atoms with van der Waals surface area (Å²) >= 11 is 19.8. The third-order valence-electron chi connectivity index (χ3n) is 6.50. The van der Waals surface area contributed by atoms with E-state index >= 15 is 0 Å². The molecule has 7 nitrogen and oxygen atoms in total. The first kappa shape index (κ1) is 29.0. The minimum atomic E-state index is -0.843. The summed E-state index contributed by atoms with van der Waals surface area (Å²) in [5.74, 6) is 0.518. The van der Waals surface area contributed by atoms with Gasteiger partial charge in [-0.05, 0) is 61.0 Å². The molecule has 0 fully saturated rings. The highest BCUT2D eigenvalue weighted by Crippen LogP contribution is 2.37. The quantitative estimate of drug-likeness (QED) is 0.236. The van der Waals surface area contributed by atoms with Gasteiger partial charge in [-0.2, -0.15) is 0 Å². The predicted octanol–water partition coefficient (Wildman–Crippen LogP) is 5.96. The molecule has 0 N–H and O–H groups in total. The number of esters is 1. The molecule has 3 aromatic carbocycles. The molecular formula is C30H23Cl3N2O5S. The molecule has 0 unspecified atom stereocenters. The number of allylic oxidation sites excluding steroid dienone is 1. The van der Waals surface area contributed by atoms with Crippen LogP contribution in [0.25, 0.3) is 6.08 Å². The van der Waals surface area contributed by atoms with Gasteiger partial charge in [-0.1, -0.05) is 64.3 Å². The Morgan fingerprint density at radius 1 is 1.02 bits per heavy atom. The Morgan fingerprint density at radius 3 is 2.41 bits per heavy atom. The van der Waals surface area contributed by atoms with E-state index in [4.69, 9.17) is 49.0 Å². The fourth-order valence-corrected chi connectivity index (χ4v) is 6.21. The van der Waals surface area contributed by atoms with Crippen LogP contribution in [0.3, 0.4) is 0 Å². The molecule has 210 valence electrons. The zero-order chi connectivity index (χ0) is 29.3. The lowest BCUT2D eigenvalue weighted by atomic mass is 9.95. The van der Waals surface area contributed by atoms with Crippen LogP contribution < -0.4 is 24.4 Å². The van der Waals surface area contributed by atoms with Gasteiger partial charge in [0, 0.05) is 26.2 Å². The molecule has 2 heterocycles. The van der Waals surface area contributed by atoms with E-state index in [2.05, 4.69) is 4.99 Å². The minimum Gasteiger partial charge on any atom is -0.496 e. The number of ether oxygens (including phenoxy) is 3. The van der Waals surface area contributed by atoms with Crippen molar-refractivity contribution >= 4 is 58.2 Å². The zero-order valence-corrected chi connectivity index (χ0v) is 25.2. The summed E-state index contributed by atoms with van der Waals surface area (Å²) in [5.41, 5.74) is 2.51. The fraction of sp³-hybridized carbons (Fsp3) is 0.167. The molecule has 0 radical (unpaired) electrons. The van der Waals surface area contributed by atoms with Crippen LogP contribution in [-0.2, 0) is 16.1 Å². The molecule has 0 spiro atoms. The van der Waals surface area contributed by atoms with Gasteiger partial charge in [0.2, 0.25) is 0 Å². The number of carbonyl (C=O) groups is 1. The van der Waals surface area contributed by atoms with Gasteiger partial charge in [-0.15, -0.1) is 0 Å². The number of methoxy groups -OCH3 is 2. The van der Waals surface area contributed by atoms with E-state index in [0.717, 1.165) is 11.1 Å². The van der Waals surface area contributed by atoms with Crippen molar-refractivity contribution < 1.29 is 19.0 Å². The Morgan fingerprint density at radius 2 is 1.73 bits per heavy atom. The van der Waals surface area contributed by atoms with E-state index < -0.39 is 12.0 Å². The van der Waals surface area contributed by atoms with Crippen LogP contribution in [-0.4, -0.2) is 24.8 Å². The topological polar surface area (TPSA) is 79.1 Å². The Hall–Kier alpha value is -3.56. The number of halogens is 3. The summed E-state index contributed by atoms with van der Waals surface area (Å²) in [4.78, 5) is 31.8. The van der Waals surface area contributed by atoms with Crippen LogP contribution in [0.5, 0.6) is 11.5 Å². The lowest BCUT2D eigenvalue weighted by Crippen LogP contribution is -2.40. The first-order chi connectivity index (χ1) is 19.7. The van der Waals surface area contributed by atoms with E-state index in [0.29, 0.717) is 47.2 Å². The normalized spacial score (nSPS) is 14.9. The van der Waals surface area contributed by atoms with Crippen molar-refractivity contribution in [2.45, 2.75) is 19.6 Å². The summed E-state index contributed by atoms with van der Waals surface area (Å²) in [7, 11) is 2.81. The number of nitrogens with zero attached hydrogens (tertiary/aromatic N) is 2. The van der Waals surface area contributed by atoms with Crippen molar-refractivity contribution in [2.75, 3.05) is 14.2 Å². The van der Waals surface area contributed by atoms with Gasteiger partial charge in [0.05, 0.1) is 30.0 Å². The summed E-state index contributed by atoms with van der Waals surface area (Å²) in [6.45, 7) is 1.99. The maximum absolute atomic E-state index is 13.8. The summed E-state index contributed by atoms with van der Waals surface area (Å²) < 4.78 is 18.4. The summed E-state index contributed by atoms with van der Waals surface area (Å²) in [6, 6.07) is 16.8. The average Bonchev–Trinajstić information content (AvgIpc) is 3.26. The largest absolute Gasteiger partial charge is 0.496 e. The maximum Gasteiger partial charge on any atom is 0.338 e. The Kier molecular flexibility index (Phi) is 8.56. The number of hydrogen-bond donors (Lipinski definition) is 0. The van der Waals surface area contributed by atoms with Crippen molar-refractivity contribution in [1.82, 2.24) is 4.57 Å². The molecule has 4 aromatic rings. The van der Waals surface area contributed by atoms with Crippen molar-refractivity contribution in [3.8, 4) is 11.5 Å². The van der Waals surface area contributed by atoms with E-state index in [9.17, 15) is 9.59 Å². The van der Waals surface area contributed by atoms with Gasteiger partial charge < -0.3 is 14.2 Å². The number of carbonyl (C=O) groups excluding carboxylic acids is 1. The minimum absolute atomic E-state index is 0.231. The van der Waals surface area contributed by atoms with Crippen LogP contribution in [0.4, 0.5) is 0 Å². The lowest BCUT2D eigenvalue weighted by Gasteiger charge is -2.25. The molecule has 1 atom stereocenters. The smallest absolute Gasteiger partial charge is 0.338 e. The summed E-state index contributed by atoms with van der Waals surface area (Å²) in [5, 5.41) is 1.52. The monoisotopic (exact) mass is 628 g/mol.